The molecule has 0 saturated carbocycles. The van der Waals surface area contributed by atoms with Gasteiger partial charge in [-0.1, -0.05) is 0 Å². The van der Waals surface area contributed by atoms with E-state index in [0.29, 0.717) is 0 Å². The first-order valence-corrected chi connectivity index (χ1v) is 4.84. The van der Waals surface area contributed by atoms with Gasteiger partial charge in [0.25, 0.3) is 0 Å². The van der Waals surface area contributed by atoms with E-state index in [2.05, 4.69) is 2.85 Å². The first-order valence-electron chi connectivity index (χ1n) is 1.97. The molecule has 0 aromatic carbocycles. The zero-order valence-corrected chi connectivity index (χ0v) is 7.26. The van der Waals surface area contributed by atoms with Crippen LogP contribution in [0, 0.1) is 0 Å². The fourth-order valence-corrected chi connectivity index (χ4v) is 1.36. The Hall–Kier alpha value is 0.840. The maximum Gasteiger partial charge on any atom is 0.238 e. The second kappa shape index (κ2) is 3.79. The summed E-state index contributed by atoms with van der Waals surface area (Å²) >= 11 is 1.54. The third-order valence-corrected chi connectivity index (χ3v) is 4.20. The van der Waals surface area contributed by atoms with Gasteiger partial charge in [0, 0.05) is 0 Å². The van der Waals surface area contributed by atoms with Crippen LogP contribution in [-0.4, -0.2) is 12.6 Å². The topological polar surface area (TPSA) is 78.3 Å². The smallest absolute Gasteiger partial charge is 0.238 e. The molecule has 0 bridgehead atoms. The van der Waals surface area contributed by atoms with Crippen molar-refractivity contribution in [3.63, 3.8) is 0 Å². The summed E-state index contributed by atoms with van der Waals surface area (Å²) < 4.78 is 15.4. The molecule has 0 aliphatic rings. The molecule has 4 N–H and O–H groups in total. The van der Waals surface area contributed by atoms with Crippen molar-refractivity contribution in [3.8, 4) is 0 Å². The molecule has 0 aromatic rings. The highest BCUT2D eigenvalue weighted by molar-refractivity contribution is 14.1. The second-order valence-corrected chi connectivity index (χ2v) is 4.93. The molecule has 0 aliphatic heterocycles. The normalized spacial score (nSPS) is 11.9. The van der Waals surface area contributed by atoms with Crippen molar-refractivity contribution in [1.29, 1.82) is 0 Å². The lowest BCUT2D eigenvalue weighted by Gasteiger charge is -2.06. The first-order chi connectivity index (χ1) is 3.68. The third kappa shape index (κ3) is 2.41. The molecule has 0 unspecified atom stereocenters. The lowest BCUT2D eigenvalue weighted by atomic mass is 11.5. The van der Waals surface area contributed by atoms with Crippen molar-refractivity contribution >= 4 is 30.4 Å². The van der Waals surface area contributed by atoms with Gasteiger partial charge in [0.05, 0.1) is 12.6 Å². The monoisotopic (exact) mass is 250 g/mol. The van der Waals surface area contributed by atoms with E-state index in [1.807, 2.05) is 0 Å². The van der Waals surface area contributed by atoms with E-state index >= 15 is 0 Å². The van der Waals surface area contributed by atoms with Crippen LogP contribution < -0.4 is 11.5 Å². The first kappa shape index (κ1) is 8.84. The second-order valence-electron chi connectivity index (χ2n) is 1.25. The van der Waals surface area contributed by atoms with Crippen LogP contribution in [0.4, 0.5) is 0 Å². The van der Waals surface area contributed by atoms with E-state index in [1.54, 1.807) is 23.0 Å². The molecule has 0 radical (unpaired) electrons. The van der Waals surface area contributed by atoms with Crippen LogP contribution >= 0.6 is 30.4 Å². The lowest BCUT2D eigenvalue weighted by molar-refractivity contribution is 0.527. The zero-order valence-electron chi connectivity index (χ0n) is 4.21. The number of halogens is 1. The largest absolute Gasteiger partial charge is 0.322 e. The molecule has 0 saturated heterocycles. The Morgan fingerprint density at radius 2 is 1.88 bits per heavy atom. The van der Waals surface area contributed by atoms with E-state index in [9.17, 15) is 4.57 Å². The van der Waals surface area contributed by atoms with Crippen LogP contribution in [0.2, 0.25) is 0 Å². The molecule has 0 heterocycles. The molecule has 0 rings (SSSR count). The van der Waals surface area contributed by atoms with Gasteiger partial charge in [0.1, 0.15) is 23.0 Å². The highest BCUT2D eigenvalue weighted by Crippen LogP contribution is 2.44. The van der Waals surface area contributed by atoms with E-state index in [-0.39, 0.29) is 12.6 Å². The molecule has 0 amide bonds. The molecule has 50 valence electrons. The van der Waals surface area contributed by atoms with E-state index in [1.165, 1.54) is 0 Å². The average molecular weight is 250 g/mol. The maximum atomic E-state index is 10.8. The van der Waals surface area contributed by atoms with Crippen molar-refractivity contribution < 1.29 is 7.42 Å². The fourth-order valence-electron chi connectivity index (χ4n) is 0.131. The molecule has 6 heteroatoms. The van der Waals surface area contributed by atoms with Gasteiger partial charge in [0.2, 0.25) is 7.37 Å². The molecule has 0 spiro atoms. The summed E-state index contributed by atoms with van der Waals surface area (Å²) in [4.78, 5) is 0. The number of hydrogen-bond acceptors (Lipinski definition) is 4. The quantitative estimate of drug-likeness (QED) is 0.563. The van der Waals surface area contributed by atoms with Crippen molar-refractivity contribution in [1.82, 2.24) is 0 Å². The molecular formula is C2H8IN2O2P. The predicted molar refractivity (Wildman–Crippen MR) is 40.8 cm³/mol. The Balaban J connectivity index is 3.79. The van der Waals surface area contributed by atoms with Crippen LogP contribution in [-0.2, 0) is 7.42 Å². The number of rotatable bonds is 3. The van der Waals surface area contributed by atoms with Crippen LogP contribution in [0.15, 0.2) is 0 Å². The number of nitrogens with two attached hydrogens (primary N) is 2. The summed E-state index contributed by atoms with van der Waals surface area (Å²) in [6.07, 6.45) is 0.0406. The van der Waals surface area contributed by atoms with Crippen LogP contribution in [0.3, 0.4) is 0 Å². The van der Waals surface area contributed by atoms with Gasteiger partial charge in [0.15, 0.2) is 0 Å². The molecular weight excluding hydrogens is 242 g/mol. The fraction of sp³-hybridized carbons (Fsp3) is 1.00. The van der Waals surface area contributed by atoms with Crippen LogP contribution in [0.5, 0.6) is 0 Å². The SMILES string of the molecule is NCP(=O)(CN)OI. The molecule has 0 fully saturated rings. The molecule has 0 aliphatic carbocycles. The standard InChI is InChI=1S/C2H8IN2O2P/c3-7-8(6,1-4)2-5/h1-2,4-5H2. The highest BCUT2D eigenvalue weighted by atomic mass is 127. The van der Waals surface area contributed by atoms with Gasteiger partial charge < -0.3 is 11.5 Å². The summed E-state index contributed by atoms with van der Waals surface area (Å²) in [7, 11) is -2.62. The molecule has 0 aromatic heterocycles. The van der Waals surface area contributed by atoms with Gasteiger partial charge in [-0.25, -0.2) is 0 Å². The van der Waals surface area contributed by atoms with Crippen LogP contribution in [0.1, 0.15) is 0 Å². The van der Waals surface area contributed by atoms with Gasteiger partial charge in [-0.05, 0) is 0 Å². The van der Waals surface area contributed by atoms with Crippen molar-refractivity contribution in [2.45, 2.75) is 0 Å². The van der Waals surface area contributed by atoms with Gasteiger partial charge in [-0.2, -0.15) is 0 Å². The minimum absolute atomic E-state index is 0.0203. The maximum absolute atomic E-state index is 10.8. The summed E-state index contributed by atoms with van der Waals surface area (Å²) in [5, 5.41) is 0. The van der Waals surface area contributed by atoms with E-state index < -0.39 is 7.37 Å². The van der Waals surface area contributed by atoms with Crippen LogP contribution in [0.25, 0.3) is 0 Å². The zero-order chi connectivity index (χ0) is 6.62. The Morgan fingerprint density at radius 1 is 1.50 bits per heavy atom. The Kier molecular flexibility index (Phi) is 4.19. The molecule has 8 heavy (non-hydrogen) atoms. The number of hydrogen-bond donors (Lipinski definition) is 2. The van der Waals surface area contributed by atoms with Gasteiger partial charge in [-0.15, -0.1) is 0 Å². The minimum Gasteiger partial charge on any atom is -0.322 e. The third-order valence-electron chi connectivity index (χ3n) is 0.682. The average Bonchev–Trinajstić information content (AvgIpc) is 1.87. The molecule has 0 atom stereocenters. The Labute approximate surface area is 62.1 Å². The Morgan fingerprint density at radius 3 is 1.88 bits per heavy atom. The Bertz CT molecular complexity index is 89.2. The summed E-state index contributed by atoms with van der Waals surface area (Å²) in [6.45, 7) is 0. The summed E-state index contributed by atoms with van der Waals surface area (Å²) in [5.74, 6) is 0. The predicted octanol–water partition coefficient (Wildman–Crippen LogP) is 0.464. The van der Waals surface area contributed by atoms with Gasteiger partial charge >= 0.3 is 0 Å². The van der Waals surface area contributed by atoms with E-state index in [4.69, 9.17) is 11.5 Å². The van der Waals surface area contributed by atoms with Crippen molar-refractivity contribution in [2.24, 2.45) is 11.5 Å². The van der Waals surface area contributed by atoms with E-state index in [0.717, 1.165) is 0 Å². The van der Waals surface area contributed by atoms with Crippen molar-refractivity contribution in [3.05, 3.63) is 0 Å². The summed E-state index contributed by atoms with van der Waals surface area (Å²) in [5.41, 5.74) is 10.1. The molecule has 4 nitrogen and oxygen atoms in total. The van der Waals surface area contributed by atoms with Gasteiger partial charge in [-0.3, -0.25) is 7.42 Å². The summed E-state index contributed by atoms with van der Waals surface area (Å²) in [6, 6.07) is 0. The van der Waals surface area contributed by atoms with Crippen molar-refractivity contribution in [2.75, 3.05) is 12.6 Å². The minimum atomic E-state index is -2.62. The lowest BCUT2D eigenvalue weighted by Crippen LogP contribution is -2.09. The highest BCUT2D eigenvalue weighted by Gasteiger charge is 2.16.